The summed E-state index contributed by atoms with van der Waals surface area (Å²) in [5.74, 6) is 0.536. The fourth-order valence-corrected chi connectivity index (χ4v) is 3.46. The summed E-state index contributed by atoms with van der Waals surface area (Å²) in [6, 6.07) is 5.22. The van der Waals surface area contributed by atoms with Crippen LogP contribution in [0.25, 0.3) is 0 Å². The molecule has 2 aliphatic rings. The number of fused-ring (bicyclic) bond motifs is 1. The van der Waals surface area contributed by atoms with E-state index >= 15 is 0 Å². The van der Waals surface area contributed by atoms with Crippen LogP contribution in [0.15, 0.2) is 29.8 Å². The molecule has 2 atom stereocenters. The van der Waals surface area contributed by atoms with Crippen molar-refractivity contribution in [3.05, 3.63) is 29.8 Å². The van der Waals surface area contributed by atoms with Gasteiger partial charge in [-0.3, -0.25) is 9.59 Å². The number of ether oxygens (including phenoxy) is 3. The molecular formula is C21H27NO5. The molecule has 27 heavy (non-hydrogen) atoms. The Morgan fingerprint density at radius 1 is 1.22 bits per heavy atom. The number of anilines is 1. The fourth-order valence-electron chi connectivity index (χ4n) is 3.46. The molecule has 1 amide bonds. The van der Waals surface area contributed by atoms with E-state index in [1.54, 1.807) is 18.2 Å². The van der Waals surface area contributed by atoms with Gasteiger partial charge >= 0.3 is 5.97 Å². The van der Waals surface area contributed by atoms with Crippen molar-refractivity contribution in [1.29, 1.82) is 0 Å². The molecule has 1 aliphatic carbocycles. The van der Waals surface area contributed by atoms with E-state index in [1.165, 1.54) is 5.57 Å². The number of esters is 1. The van der Waals surface area contributed by atoms with Crippen LogP contribution in [0.3, 0.4) is 0 Å². The Morgan fingerprint density at radius 2 is 1.93 bits per heavy atom. The van der Waals surface area contributed by atoms with Crippen molar-refractivity contribution in [1.82, 2.24) is 0 Å². The van der Waals surface area contributed by atoms with Crippen LogP contribution in [0.4, 0.5) is 5.69 Å². The first kappa shape index (κ1) is 19.3. The summed E-state index contributed by atoms with van der Waals surface area (Å²) in [6.45, 7) is 8.99. The normalized spacial score (nSPS) is 22.2. The predicted octanol–water partition coefficient (Wildman–Crippen LogP) is 3.57. The Labute approximate surface area is 159 Å². The van der Waals surface area contributed by atoms with Gasteiger partial charge in [-0.1, -0.05) is 25.5 Å². The average molecular weight is 373 g/mol. The number of hydrogen-bond donors (Lipinski definition) is 1. The van der Waals surface area contributed by atoms with Gasteiger partial charge in [0.05, 0.1) is 19.1 Å². The molecule has 1 N–H and O–H groups in total. The molecule has 1 heterocycles. The molecule has 0 saturated heterocycles. The SMILES string of the molecule is CC(C)=CC1C(C(=O)OCC(=O)Nc2ccc3c(c2)OCCCO3)C1(C)C. The van der Waals surface area contributed by atoms with E-state index in [0.29, 0.717) is 30.4 Å². The van der Waals surface area contributed by atoms with Gasteiger partial charge in [0.1, 0.15) is 0 Å². The molecule has 0 bridgehead atoms. The van der Waals surface area contributed by atoms with Gasteiger partial charge < -0.3 is 19.5 Å². The second kappa shape index (κ2) is 7.62. The first-order chi connectivity index (χ1) is 12.8. The van der Waals surface area contributed by atoms with Crippen LogP contribution in [-0.2, 0) is 14.3 Å². The smallest absolute Gasteiger partial charge is 0.310 e. The van der Waals surface area contributed by atoms with Crippen molar-refractivity contribution < 1.29 is 23.8 Å². The molecular weight excluding hydrogens is 346 g/mol. The number of rotatable bonds is 5. The molecule has 0 aromatic heterocycles. The number of nitrogens with one attached hydrogen (secondary N) is 1. The number of hydrogen-bond acceptors (Lipinski definition) is 5. The molecule has 6 heteroatoms. The number of amides is 1. The van der Waals surface area contributed by atoms with Crippen molar-refractivity contribution in [2.24, 2.45) is 17.3 Å². The summed E-state index contributed by atoms with van der Waals surface area (Å²) in [4.78, 5) is 24.5. The Kier molecular flexibility index (Phi) is 5.44. The van der Waals surface area contributed by atoms with Crippen molar-refractivity contribution in [3.8, 4) is 11.5 Å². The Hall–Kier alpha value is -2.50. The highest BCUT2D eigenvalue weighted by molar-refractivity contribution is 5.93. The van der Waals surface area contributed by atoms with E-state index in [4.69, 9.17) is 14.2 Å². The van der Waals surface area contributed by atoms with E-state index in [2.05, 4.69) is 11.4 Å². The van der Waals surface area contributed by atoms with Gasteiger partial charge in [0.15, 0.2) is 18.1 Å². The summed E-state index contributed by atoms with van der Waals surface area (Å²) >= 11 is 0. The third-order valence-corrected chi connectivity index (χ3v) is 5.05. The highest BCUT2D eigenvalue weighted by Gasteiger charge is 2.61. The van der Waals surface area contributed by atoms with Crippen LogP contribution in [0.1, 0.15) is 34.1 Å². The van der Waals surface area contributed by atoms with Gasteiger partial charge in [-0.2, -0.15) is 0 Å². The number of allylic oxidation sites excluding steroid dienone is 2. The van der Waals surface area contributed by atoms with E-state index in [0.717, 1.165) is 6.42 Å². The maximum absolute atomic E-state index is 12.3. The highest BCUT2D eigenvalue weighted by atomic mass is 16.5. The molecule has 1 fully saturated rings. The molecule has 1 saturated carbocycles. The average Bonchev–Trinajstić information content (AvgIpc) is 3.22. The quantitative estimate of drug-likeness (QED) is 0.631. The molecule has 1 aromatic rings. The second-order valence-electron chi connectivity index (χ2n) is 7.94. The van der Waals surface area contributed by atoms with E-state index < -0.39 is 0 Å². The lowest BCUT2D eigenvalue weighted by Gasteiger charge is -2.11. The summed E-state index contributed by atoms with van der Waals surface area (Å²) in [7, 11) is 0. The lowest BCUT2D eigenvalue weighted by molar-refractivity contribution is -0.149. The zero-order chi connectivity index (χ0) is 19.6. The molecule has 146 valence electrons. The first-order valence-corrected chi connectivity index (χ1v) is 9.30. The van der Waals surface area contributed by atoms with Gasteiger partial charge in [-0.25, -0.2) is 0 Å². The standard InChI is InChI=1S/C21H27NO5/c1-13(2)10-15-19(21(15,3)4)20(24)27-12-18(23)22-14-6-7-16-17(11-14)26-9-5-8-25-16/h6-7,10-11,15,19H,5,8-9,12H2,1-4H3,(H,22,23). The van der Waals surface area contributed by atoms with Gasteiger partial charge in [0.2, 0.25) is 0 Å². The molecule has 3 rings (SSSR count). The molecule has 2 unspecified atom stereocenters. The van der Waals surface area contributed by atoms with Crippen LogP contribution in [0.5, 0.6) is 11.5 Å². The van der Waals surface area contributed by atoms with Crippen LogP contribution in [0.2, 0.25) is 0 Å². The Morgan fingerprint density at radius 3 is 2.63 bits per heavy atom. The number of carbonyl (C=O) groups excluding carboxylic acids is 2. The minimum absolute atomic E-state index is 0.126. The van der Waals surface area contributed by atoms with Gasteiger partial charge in [0.25, 0.3) is 5.91 Å². The van der Waals surface area contributed by atoms with Gasteiger partial charge in [0, 0.05) is 18.2 Å². The summed E-state index contributed by atoms with van der Waals surface area (Å²) in [5.41, 5.74) is 1.63. The topological polar surface area (TPSA) is 73.9 Å². The minimum atomic E-state index is -0.380. The molecule has 0 radical (unpaired) electrons. The zero-order valence-corrected chi connectivity index (χ0v) is 16.3. The maximum atomic E-state index is 12.3. The van der Waals surface area contributed by atoms with E-state index in [1.807, 2.05) is 27.7 Å². The van der Waals surface area contributed by atoms with Crippen LogP contribution in [-0.4, -0.2) is 31.7 Å². The molecule has 0 spiro atoms. The van der Waals surface area contributed by atoms with E-state index in [9.17, 15) is 9.59 Å². The predicted molar refractivity (Wildman–Crippen MR) is 102 cm³/mol. The highest BCUT2D eigenvalue weighted by Crippen LogP contribution is 2.59. The van der Waals surface area contributed by atoms with Crippen molar-refractivity contribution in [3.63, 3.8) is 0 Å². The van der Waals surface area contributed by atoms with Crippen LogP contribution >= 0.6 is 0 Å². The molecule has 1 aliphatic heterocycles. The van der Waals surface area contributed by atoms with Crippen LogP contribution in [0, 0.1) is 17.3 Å². The first-order valence-electron chi connectivity index (χ1n) is 9.30. The molecule has 6 nitrogen and oxygen atoms in total. The maximum Gasteiger partial charge on any atom is 0.310 e. The van der Waals surface area contributed by atoms with Crippen molar-refractivity contribution >= 4 is 17.6 Å². The second-order valence-corrected chi connectivity index (χ2v) is 7.94. The lowest BCUT2D eigenvalue weighted by atomic mass is 10.1. The monoisotopic (exact) mass is 373 g/mol. The van der Waals surface area contributed by atoms with Gasteiger partial charge in [-0.15, -0.1) is 0 Å². The van der Waals surface area contributed by atoms with E-state index in [-0.39, 0.29) is 35.7 Å². The number of carbonyl (C=O) groups is 2. The van der Waals surface area contributed by atoms with Gasteiger partial charge in [-0.05, 0) is 37.3 Å². The van der Waals surface area contributed by atoms with Crippen molar-refractivity contribution in [2.45, 2.75) is 34.1 Å². The Bertz CT molecular complexity index is 764. The minimum Gasteiger partial charge on any atom is -0.490 e. The largest absolute Gasteiger partial charge is 0.490 e. The zero-order valence-electron chi connectivity index (χ0n) is 16.3. The molecule has 1 aromatic carbocycles. The summed E-state index contributed by atoms with van der Waals surface area (Å²) in [5, 5.41) is 2.73. The summed E-state index contributed by atoms with van der Waals surface area (Å²) < 4.78 is 16.4. The van der Waals surface area contributed by atoms with Crippen LogP contribution < -0.4 is 14.8 Å². The lowest BCUT2D eigenvalue weighted by Crippen LogP contribution is -2.22. The third kappa shape index (κ3) is 4.43. The fraction of sp³-hybridized carbons (Fsp3) is 0.524. The Balaban J connectivity index is 1.52. The number of benzene rings is 1. The van der Waals surface area contributed by atoms with Crippen molar-refractivity contribution in [2.75, 3.05) is 25.1 Å². The summed E-state index contributed by atoms with van der Waals surface area (Å²) in [6.07, 6.45) is 2.92. The third-order valence-electron chi connectivity index (χ3n) is 5.05.